The lowest BCUT2D eigenvalue weighted by atomic mass is 9.85. The van der Waals surface area contributed by atoms with Gasteiger partial charge in [-0.3, -0.25) is 5.10 Å². The molecule has 2 aliphatic rings. The van der Waals surface area contributed by atoms with Gasteiger partial charge in [-0.15, -0.1) is 0 Å². The number of nitrogens with one attached hydrogen (secondary N) is 1. The number of aromatic amines is 1. The number of aromatic hydroxyl groups is 1. The molecule has 3 heterocycles. The summed E-state index contributed by atoms with van der Waals surface area (Å²) in [5.41, 5.74) is 6.96. The van der Waals surface area contributed by atoms with Gasteiger partial charge in [-0.25, -0.2) is 4.98 Å². The van der Waals surface area contributed by atoms with Crippen LogP contribution in [-0.2, 0) is 17.6 Å². The van der Waals surface area contributed by atoms with E-state index in [4.69, 9.17) is 14.8 Å². The first kappa shape index (κ1) is 17.7. The SMILES string of the molecule is Oc1ccc(-c2nc3ccc4[nH]nc(N5CCOCC5)c4c3c3c2CCCC3)cc1. The summed E-state index contributed by atoms with van der Waals surface area (Å²) in [6, 6.07) is 11.6. The van der Waals surface area contributed by atoms with Gasteiger partial charge in [-0.1, -0.05) is 0 Å². The zero-order valence-electron chi connectivity index (χ0n) is 16.8. The van der Waals surface area contributed by atoms with Crippen LogP contribution in [0.5, 0.6) is 5.75 Å². The number of hydrogen-bond acceptors (Lipinski definition) is 5. The third kappa shape index (κ3) is 2.75. The van der Waals surface area contributed by atoms with Crippen molar-refractivity contribution in [1.29, 1.82) is 0 Å². The number of morpholine rings is 1. The third-order valence-electron chi connectivity index (χ3n) is 6.43. The van der Waals surface area contributed by atoms with E-state index in [0.717, 1.165) is 67.3 Å². The van der Waals surface area contributed by atoms with Gasteiger partial charge in [0.2, 0.25) is 0 Å². The number of nitrogens with zero attached hydrogens (tertiary/aromatic N) is 3. The van der Waals surface area contributed by atoms with E-state index >= 15 is 0 Å². The Hall–Kier alpha value is -3.12. The molecule has 0 saturated carbocycles. The molecule has 6 heteroatoms. The fourth-order valence-corrected chi connectivity index (χ4v) is 4.98. The van der Waals surface area contributed by atoms with E-state index in [1.165, 1.54) is 34.7 Å². The normalized spacial score (nSPS) is 16.9. The highest BCUT2D eigenvalue weighted by atomic mass is 16.5. The van der Waals surface area contributed by atoms with Crippen LogP contribution < -0.4 is 4.90 Å². The molecular weight excluding hydrogens is 376 g/mol. The quantitative estimate of drug-likeness (QED) is 0.528. The van der Waals surface area contributed by atoms with Crippen LogP contribution in [0, 0.1) is 0 Å². The average molecular weight is 400 g/mol. The molecule has 0 amide bonds. The first-order valence-electron chi connectivity index (χ1n) is 10.7. The summed E-state index contributed by atoms with van der Waals surface area (Å²) in [6.45, 7) is 3.19. The number of hydrogen-bond donors (Lipinski definition) is 2. The highest BCUT2D eigenvalue weighted by Crippen LogP contribution is 2.40. The third-order valence-corrected chi connectivity index (χ3v) is 6.43. The van der Waals surface area contributed by atoms with Gasteiger partial charge in [-0.05, 0) is 73.2 Å². The van der Waals surface area contributed by atoms with Crippen LogP contribution in [0.4, 0.5) is 5.82 Å². The molecule has 1 aliphatic carbocycles. The van der Waals surface area contributed by atoms with Crippen LogP contribution in [-0.4, -0.2) is 46.6 Å². The number of phenols is 1. The predicted molar refractivity (Wildman–Crippen MR) is 118 cm³/mol. The van der Waals surface area contributed by atoms with Crippen molar-refractivity contribution in [1.82, 2.24) is 15.2 Å². The fraction of sp³-hybridized carbons (Fsp3) is 0.333. The Balaban J connectivity index is 1.64. The lowest BCUT2D eigenvalue weighted by Gasteiger charge is -2.27. The van der Waals surface area contributed by atoms with Gasteiger partial charge < -0.3 is 14.7 Å². The number of aryl methyl sites for hydroxylation is 1. The number of phenolic OH excluding ortho intramolecular Hbond substituents is 1. The minimum absolute atomic E-state index is 0.281. The van der Waals surface area contributed by atoms with E-state index in [0.29, 0.717) is 0 Å². The van der Waals surface area contributed by atoms with Gasteiger partial charge in [0, 0.05) is 24.0 Å². The number of aromatic nitrogens is 3. The maximum Gasteiger partial charge on any atom is 0.159 e. The van der Waals surface area contributed by atoms with Crippen LogP contribution in [0.15, 0.2) is 36.4 Å². The highest BCUT2D eigenvalue weighted by molar-refractivity contribution is 6.13. The summed E-state index contributed by atoms with van der Waals surface area (Å²) in [5.74, 6) is 1.30. The van der Waals surface area contributed by atoms with Gasteiger partial charge in [0.15, 0.2) is 5.82 Å². The molecule has 6 rings (SSSR count). The van der Waals surface area contributed by atoms with Crippen LogP contribution >= 0.6 is 0 Å². The molecule has 30 heavy (non-hydrogen) atoms. The van der Waals surface area contributed by atoms with E-state index in [1.807, 2.05) is 12.1 Å². The molecule has 0 spiro atoms. The van der Waals surface area contributed by atoms with Gasteiger partial charge in [-0.2, -0.15) is 5.10 Å². The molecule has 0 bridgehead atoms. The standard InChI is InChI=1S/C24H24N4O2/c29-16-7-5-15(6-8-16)23-18-4-2-1-3-17(18)21-19(25-23)9-10-20-22(21)24(27-26-20)28-11-13-30-14-12-28/h5-10,29H,1-4,11-14H2,(H,26,27). The molecule has 2 N–H and O–H groups in total. The Bertz CT molecular complexity index is 1240. The Labute approximate surface area is 174 Å². The molecule has 2 aromatic carbocycles. The minimum Gasteiger partial charge on any atom is -0.508 e. The molecular formula is C24H24N4O2. The number of pyridine rings is 1. The molecule has 2 aromatic heterocycles. The Morgan fingerprint density at radius 2 is 1.67 bits per heavy atom. The second-order valence-electron chi connectivity index (χ2n) is 8.20. The van der Waals surface area contributed by atoms with Crippen molar-refractivity contribution < 1.29 is 9.84 Å². The number of ether oxygens (including phenoxy) is 1. The Kier molecular flexibility index (Phi) is 4.13. The fourth-order valence-electron chi connectivity index (χ4n) is 4.98. The number of benzene rings is 2. The van der Waals surface area contributed by atoms with Crippen molar-refractivity contribution in [2.75, 3.05) is 31.2 Å². The van der Waals surface area contributed by atoms with Crippen molar-refractivity contribution in [2.24, 2.45) is 0 Å². The second-order valence-corrected chi connectivity index (χ2v) is 8.20. The monoisotopic (exact) mass is 400 g/mol. The lowest BCUT2D eigenvalue weighted by Crippen LogP contribution is -2.36. The summed E-state index contributed by atoms with van der Waals surface area (Å²) in [7, 11) is 0. The van der Waals surface area contributed by atoms with E-state index in [9.17, 15) is 5.11 Å². The van der Waals surface area contributed by atoms with Gasteiger partial charge in [0.25, 0.3) is 0 Å². The van der Waals surface area contributed by atoms with Crippen molar-refractivity contribution in [3.63, 3.8) is 0 Å². The predicted octanol–water partition coefficient (Wildman–Crippen LogP) is 4.20. The molecule has 1 saturated heterocycles. The van der Waals surface area contributed by atoms with Crippen molar-refractivity contribution in [3.05, 3.63) is 47.5 Å². The molecule has 0 unspecified atom stereocenters. The van der Waals surface area contributed by atoms with E-state index < -0.39 is 0 Å². The molecule has 4 aromatic rings. The van der Waals surface area contributed by atoms with E-state index in [1.54, 1.807) is 12.1 Å². The first-order chi connectivity index (χ1) is 14.8. The minimum atomic E-state index is 0.281. The lowest BCUT2D eigenvalue weighted by molar-refractivity contribution is 0.122. The molecule has 6 nitrogen and oxygen atoms in total. The molecule has 152 valence electrons. The summed E-state index contributed by atoms with van der Waals surface area (Å²) in [4.78, 5) is 7.46. The molecule has 0 atom stereocenters. The molecule has 1 fully saturated rings. The molecule has 1 aliphatic heterocycles. The Morgan fingerprint density at radius 3 is 2.47 bits per heavy atom. The number of anilines is 1. The van der Waals surface area contributed by atoms with E-state index in [2.05, 4.69) is 22.1 Å². The van der Waals surface area contributed by atoms with Gasteiger partial charge in [0.05, 0.1) is 35.3 Å². The topological polar surface area (TPSA) is 74.3 Å². The second kappa shape index (κ2) is 6.99. The summed E-state index contributed by atoms with van der Waals surface area (Å²) >= 11 is 0. The smallest absolute Gasteiger partial charge is 0.159 e. The Morgan fingerprint density at radius 1 is 0.900 bits per heavy atom. The summed E-state index contributed by atoms with van der Waals surface area (Å²) in [6.07, 6.45) is 4.48. The number of rotatable bonds is 2. The summed E-state index contributed by atoms with van der Waals surface area (Å²) < 4.78 is 5.55. The van der Waals surface area contributed by atoms with Crippen LogP contribution in [0.3, 0.4) is 0 Å². The summed E-state index contributed by atoms with van der Waals surface area (Å²) in [5, 5.41) is 20.1. The van der Waals surface area contributed by atoms with Crippen LogP contribution in [0.2, 0.25) is 0 Å². The van der Waals surface area contributed by atoms with Crippen LogP contribution in [0.25, 0.3) is 33.1 Å². The van der Waals surface area contributed by atoms with Crippen molar-refractivity contribution in [3.8, 4) is 17.0 Å². The number of fused-ring (bicyclic) bond motifs is 5. The number of H-pyrrole nitrogens is 1. The van der Waals surface area contributed by atoms with Gasteiger partial charge >= 0.3 is 0 Å². The maximum absolute atomic E-state index is 9.72. The zero-order chi connectivity index (χ0) is 20.1. The van der Waals surface area contributed by atoms with Crippen LogP contribution in [0.1, 0.15) is 24.0 Å². The first-order valence-corrected chi connectivity index (χ1v) is 10.7. The average Bonchev–Trinajstić information content (AvgIpc) is 3.24. The van der Waals surface area contributed by atoms with E-state index in [-0.39, 0.29) is 5.75 Å². The maximum atomic E-state index is 9.72. The van der Waals surface area contributed by atoms with Crippen molar-refractivity contribution in [2.45, 2.75) is 25.7 Å². The zero-order valence-corrected chi connectivity index (χ0v) is 16.8. The largest absolute Gasteiger partial charge is 0.508 e. The van der Waals surface area contributed by atoms with Crippen molar-refractivity contribution >= 4 is 27.6 Å². The molecule has 0 radical (unpaired) electrons. The highest BCUT2D eigenvalue weighted by Gasteiger charge is 2.24. The van der Waals surface area contributed by atoms with Gasteiger partial charge in [0.1, 0.15) is 5.75 Å².